The van der Waals surface area contributed by atoms with E-state index in [0.29, 0.717) is 11.1 Å². The zero-order chi connectivity index (χ0) is 13.5. The van der Waals surface area contributed by atoms with Crippen LogP contribution < -0.4 is 0 Å². The first-order valence-corrected chi connectivity index (χ1v) is 6.14. The molecule has 0 aromatic heterocycles. The predicted molar refractivity (Wildman–Crippen MR) is 68.9 cm³/mol. The number of Topliss-reactive ketones (excluding diaryl/α,β-unsaturated/α-hetero) is 1. The van der Waals surface area contributed by atoms with E-state index in [1.807, 2.05) is 13.0 Å². The summed E-state index contributed by atoms with van der Waals surface area (Å²) in [7, 11) is 1.34. The highest BCUT2D eigenvalue weighted by atomic mass is 16.5. The summed E-state index contributed by atoms with van der Waals surface area (Å²) in [6.07, 6.45) is 0.844. The molecule has 3 heteroatoms. The molecule has 0 amide bonds. The quantitative estimate of drug-likeness (QED) is 0.715. The van der Waals surface area contributed by atoms with Crippen LogP contribution in [0.4, 0.5) is 0 Å². The van der Waals surface area contributed by atoms with Gasteiger partial charge in [0.1, 0.15) is 0 Å². The first-order valence-electron chi connectivity index (χ1n) is 6.14. The Morgan fingerprint density at radius 3 is 2.67 bits per heavy atom. The molecule has 3 nitrogen and oxygen atoms in total. The van der Waals surface area contributed by atoms with Gasteiger partial charge in [0.15, 0.2) is 5.78 Å². The summed E-state index contributed by atoms with van der Waals surface area (Å²) in [6.45, 7) is 6.21. The molecule has 1 unspecified atom stereocenters. The van der Waals surface area contributed by atoms with Gasteiger partial charge in [0.2, 0.25) is 0 Å². The second-order valence-corrected chi connectivity index (χ2v) is 5.61. The maximum Gasteiger partial charge on any atom is 0.337 e. The number of hydrogen-bond acceptors (Lipinski definition) is 3. The number of hydrogen-bond donors (Lipinski definition) is 0. The minimum absolute atomic E-state index is 0.000368. The molecule has 0 radical (unpaired) electrons. The van der Waals surface area contributed by atoms with Gasteiger partial charge in [0.25, 0.3) is 0 Å². The summed E-state index contributed by atoms with van der Waals surface area (Å²) in [5.41, 5.74) is 2.10. The van der Waals surface area contributed by atoms with Gasteiger partial charge >= 0.3 is 5.97 Å². The van der Waals surface area contributed by atoms with Gasteiger partial charge in [-0.15, -0.1) is 0 Å². The molecular formula is C15H18O3. The van der Waals surface area contributed by atoms with Gasteiger partial charge in [-0.2, -0.15) is 0 Å². The smallest absolute Gasteiger partial charge is 0.337 e. The van der Waals surface area contributed by atoms with Crippen molar-refractivity contribution in [1.82, 2.24) is 0 Å². The molecule has 1 atom stereocenters. The number of benzene rings is 1. The van der Waals surface area contributed by atoms with Crippen molar-refractivity contribution in [3.8, 4) is 0 Å². The fraction of sp³-hybridized carbons (Fsp3) is 0.467. The summed E-state index contributed by atoms with van der Waals surface area (Å²) in [6, 6.07) is 5.28. The van der Waals surface area contributed by atoms with Crippen LogP contribution in [0.15, 0.2) is 18.2 Å². The van der Waals surface area contributed by atoms with E-state index in [1.54, 1.807) is 12.1 Å². The molecule has 0 spiro atoms. The lowest BCUT2D eigenvalue weighted by Gasteiger charge is -2.35. The number of carbonyl (C=O) groups is 2. The van der Waals surface area contributed by atoms with Crippen molar-refractivity contribution < 1.29 is 14.3 Å². The molecule has 0 bridgehead atoms. The van der Waals surface area contributed by atoms with Crippen LogP contribution in [0.25, 0.3) is 0 Å². The lowest BCUT2D eigenvalue weighted by atomic mass is 9.68. The van der Waals surface area contributed by atoms with Gasteiger partial charge in [0, 0.05) is 11.5 Å². The van der Waals surface area contributed by atoms with Crippen molar-refractivity contribution in [2.75, 3.05) is 7.11 Å². The van der Waals surface area contributed by atoms with Crippen molar-refractivity contribution in [2.24, 2.45) is 5.92 Å². The molecule has 0 aliphatic heterocycles. The molecule has 1 aliphatic carbocycles. The van der Waals surface area contributed by atoms with Crippen molar-refractivity contribution in [1.29, 1.82) is 0 Å². The Morgan fingerprint density at radius 1 is 1.39 bits per heavy atom. The SMILES string of the molecule is COC(=O)c1ccc2c(c1)C(=O)C(C)CC2(C)C. The van der Waals surface area contributed by atoms with Crippen LogP contribution in [0.2, 0.25) is 0 Å². The van der Waals surface area contributed by atoms with E-state index in [4.69, 9.17) is 4.74 Å². The number of fused-ring (bicyclic) bond motifs is 1. The Hall–Kier alpha value is -1.64. The van der Waals surface area contributed by atoms with Crippen molar-refractivity contribution in [3.63, 3.8) is 0 Å². The Balaban J connectivity index is 2.57. The molecule has 0 saturated carbocycles. The fourth-order valence-corrected chi connectivity index (χ4v) is 2.82. The van der Waals surface area contributed by atoms with E-state index in [0.717, 1.165) is 12.0 Å². The van der Waals surface area contributed by atoms with Crippen molar-refractivity contribution in [3.05, 3.63) is 34.9 Å². The number of methoxy groups -OCH3 is 1. The Labute approximate surface area is 107 Å². The first kappa shape index (κ1) is 12.8. The number of rotatable bonds is 1. The standard InChI is InChI=1S/C15H18O3/c1-9-8-15(2,3)12-6-5-10(14(17)18-4)7-11(12)13(9)16/h5-7,9H,8H2,1-4H3. The third-order valence-electron chi connectivity index (χ3n) is 3.70. The third kappa shape index (κ3) is 1.94. The molecular weight excluding hydrogens is 228 g/mol. The van der Waals surface area contributed by atoms with E-state index < -0.39 is 5.97 Å². The van der Waals surface area contributed by atoms with Crippen LogP contribution in [0, 0.1) is 5.92 Å². The van der Waals surface area contributed by atoms with Crippen molar-refractivity contribution >= 4 is 11.8 Å². The van der Waals surface area contributed by atoms with E-state index in [9.17, 15) is 9.59 Å². The molecule has 1 aromatic carbocycles. The second kappa shape index (κ2) is 4.23. The summed E-state index contributed by atoms with van der Waals surface area (Å²) in [4.78, 5) is 23.7. The number of esters is 1. The van der Waals surface area contributed by atoms with E-state index in [1.165, 1.54) is 7.11 Å². The largest absolute Gasteiger partial charge is 0.465 e. The van der Waals surface area contributed by atoms with Crippen LogP contribution in [-0.4, -0.2) is 18.9 Å². The summed E-state index contributed by atoms with van der Waals surface area (Å²) in [5, 5.41) is 0. The Kier molecular flexibility index (Phi) is 3.01. The molecule has 0 saturated heterocycles. The lowest BCUT2D eigenvalue weighted by molar-refractivity contribution is 0.0600. The fourth-order valence-electron chi connectivity index (χ4n) is 2.82. The maximum absolute atomic E-state index is 12.2. The van der Waals surface area contributed by atoms with Gasteiger partial charge in [-0.1, -0.05) is 26.8 Å². The topological polar surface area (TPSA) is 43.4 Å². The van der Waals surface area contributed by atoms with Gasteiger partial charge in [-0.05, 0) is 29.5 Å². The van der Waals surface area contributed by atoms with Crippen LogP contribution in [0.1, 0.15) is 53.5 Å². The number of ether oxygens (including phenoxy) is 1. The van der Waals surface area contributed by atoms with Gasteiger partial charge in [0.05, 0.1) is 12.7 Å². The third-order valence-corrected chi connectivity index (χ3v) is 3.70. The van der Waals surface area contributed by atoms with Gasteiger partial charge < -0.3 is 4.74 Å². The van der Waals surface area contributed by atoms with E-state index >= 15 is 0 Å². The highest BCUT2D eigenvalue weighted by Crippen LogP contribution is 2.39. The Bertz CT molecular complexity index is 514. The maximum atomic E-state index is 12.2. The van der Waals surface area contributed by atoms with Crippen LogP contribution in [0.5, 0.6) is 0 Å². The van der Waals surface area contributed by atoms with E-state index in [-0.39, 0.29) is 17.1 Å². The monoisotopic (exact) mass is 246 g/mol. The normalized spacial score (nSPS) is 21.3. The molecule has 96 valence electrons. The van der Waals surface area contributed by atoms with Crippen LogP contribution >= 0.6 is 0 Å². The zero-order valence-corrected chi connectivity index (χ0v) is 11.2. The molecule has 1 aromatic rings. The highest BCUT2D eigenvalue weighted by Gasteiger charge is 2.36. The number of ketones is 1. The summed E-state index contributed by atoms with van der Waals surface area (Å²) >= 11 is 0. The minimum Gasteiger partial charge on any atom is -0.465 e. The molecule has 0 fully saturated rings. The average Bonchev–Trinajstić information content (AvgIpc) is 2.34. The van der Waals surface area contributed by atoms with E-state index in [2.05, 4.69) is 13.8 Å². The molecule has 2 rings (SSSR count). The summed E-state index contributed by atoms with van der Waals surface area (Å²) in [5.74, 6) is -0.280. The highest BCUT2D eigenvalue weighted by molar-refractivity contribution is 6.02. The predicted octanol–water partition coefficient (Wildman–Crippen LogP) is 2.97. The summed E-state index contributed by atoms with van der Waals surface area (Å²) < 4.78 is 4.69. The van der Waals surface area contributed by atoms with Crippen LogP contribution in [0.3, 0.4) is 0 Å². The lowest BCUT2D eigenvalue weighted by Crippen LogP contribution is -2.33. The molecule has 18 heavy (non-hydrogen) atoms. The average molecular weight is 246 g/mol. The first-order chi connectivity index (χ1) is 8.36. The zero-order valence-electron chi connectivity index (χ0n) is 11.2. The van der Waals surface area contributed by atoms with Crippen molar-refractivity contribution in [2.45, 2.75) is 32.6 Å². The minimum atomic E-state index is -0.401. The molecule has 0 N–H and O–H groups in total. The molecule has 0 heterocycles. The second-order valence-electron chi connectivity index (χ2n) is 5.61. The van der Waals surface area contributed by atoms with Gasteiger partial charge in [-0.25, -0.2) is 4.79 Å². The van der Waals surface area contributed by atoms with Crippen LogP contribution in [-0.2, 0) is 10.2 Å². The number of carbonyl (C=O) groups excluding carboxylic acids is 2. The van der Waals surface area contributed by atoms with Gasteiger partial charge in [-0.3, -0.25) is 4.79 Å². The molecule has 1 aliphatic rings. The Morgan fingerprint density at radius 2 is 2.06 bits per heavy atom.